The van der Waals surface area contributed by atoms with Gasteiger partial charge in [-0.2, -0.15) is 0 Å². The summed E-state index contributed by atoms with van der Waals surface area (Å²) in [6, 6.07) is 5.39. The van der Waals surface area contributed by atoms with Crippen LogP contribution in [0.25, 0.3) is 0 Å². The number of rotatable bonds is 9. The van der Waals surface area contributed by atoms with Gasteiger partial charge in [-0.1, -0.05) is 60.1 Å². The molecule has 0 aliphatic rings. The Bertz CT molecular complexity index is 397. The van der Waals surface area contributed by atoms with E-state index < -0.39 is 0 Å². The smallest absolute Gasteiger partial charge is 0.0351 e. The van der Waals surface area contributed by atoms with E-state index in [1.165, 1.54) is 18.4 Å². The van der Waals surface area contributed by atoms with Crippen molar-refractivity contribution in [2.75, 3.05) is 6.54 Å². The van der Waals surface area contributed by atoms with Crippen molar-refractivity contribution in [3.05, 3.63) is 34.4 Å². The second-order valence-electron chi connectivity index (χ2n) is 6.21. The molecule has 2 atom stereocenters. The molecule has 1 heteroatoms. The van der Waals surface area contributed by atoms with Gasteiger partial charge in [0.15, 0.2) is 0 Å². The maximum Gasteiger partial charge on any atom is 0.0351 e. The Morgan fingerprint density at radius 1 is 0.905 bits per heavy atom. The first-order valence-electron chi connectivity index (χ1n) is 9.00. The zero-order valence-corrected chi connectivity index (χ0v) is 15.1. The van der Waals surface area contributed by atoms with E-state index >= 15 is 0 Å². The fourth-order valence-corrected chi connectivity index (χ4v) is 3.16. The lowest BCUT2D eigenvalue weighted by Crippen LogP contribution is -2.29. The van der Waals surface area contributed by atoms with Gasteiger partial charge in [-0.3, -0.25) is 0 Å². The average molecular weight is 290 g/mol. The number of hydrogen-bond donors (Lipinski definition) is 1. The molecule has 0 aliphatic carbocycles. The van der Waals surface area contributed by atoms with Gasteiger partial charge in [-0.05, 0) is 60.4 Å². The van der Waals surface area contributed by atoms with Crippen LogP contribution in [0, 0.1) is 5.92 Å². The SMILES string of the molecule is CCCNC(c1c(CC)cc(CC)cc1CC)C(C)CC. The molecule has 21 heavy (non-hydrogen) atoms. The van der Waals surface area contributed by atoms with Gasteiger partial charge in [0.1, 0.15) is 0 Å². The van der Waals surface area contributed by atoms with E-state index in [9.17, 15) is 0 Å². The molecule has 0 amide bonds. The first-order chi connectivity index (χ1) is 10.1. The second-order valence-corrected chi connectivity index (χ2v) is 6.21. The monoisotopic (exact) mass is 289 g/mol. The summed E-state index contributed by atoms with van der Waals surface area (Å²) in [6.07, 6.45) is 5.83. The van der Waals surface area contributed by atoms with Crippen LogP contribution in [0.1, 0.15) is 82.7 Å². The number of benzene rings is 1. The molecule has 0 heterocycles. The highest BCUT2D eigenvalue weighted by atomic mass is 14.9. The van der Waals surface area contributed by atoms with Gasteiger partial charge >= 0.3 is 0 Å². The zero-order valence-electron chi connectivity index (χ0n) is 15.1. The van der Waals surface area contributed by atoms with Gasteiger partial charge in [0.05, 0.1) is 0 Å². The average Bonchev–Trinajstić information content (AvgIpc) is 2.54. The summed E-state index contributed by atoms with van der Waals surface area (Å²) in [7, 11) is 0. The third-order valence-corrected chi connectivity index (χ3v) is 4.72. The molecule has 0 spiro atoms. The molecule has 1 aromatic carbocycles. The summed E-state index contributed by atoms with van der Waals surface area (Å²) in [4.78, 5) is 0. The van der Waals surface area contributed by atoms with Crippen molar-refractivity contribution in [1.29, 1.82) is 0 Å². The lowest BCUT2D eigenvalue weighted by Gasteiger charge is -2.29. The van der Waals surface area contributed by atoms with Crippen LogP contribution in [0.4, 0.5) is 0 Å². The Hall–Kier alpha value is -0.820. The van der Waals surface area contributed by atoms with Gasteiger partial charge in [0.2, 0.25) is 0 Å². The van der Waals surface area contributed by atoms with E-state index in [-0.39, 0.29) is 0 Å². The first kappa shape index (κ1) is 18.2. The van der Waals surface area contributed by atoms with Crippen LogP contribution < -0.4 is 5.32 Å². The van der Waals surface area contributed by atoms with E-state index in [1.807, 2.05) is 0 Å². The second kappa shape index (κ2) is 9.25. The minimum atomic E-state index is 0.505. The highest BCUT2D eigenvalue weighted by Gasteiger charge is 2.22. The van der Waals surface area contributed by atoms with Crippen molar-refractivity contribution < 1.29 is 0 Å². The highest BCUT2D eigenvalue weighted by molar-refractivity contribution is 5.42. The summed E-state index contributed by atoms with van der Waals surface area (Å²) in [5.41, 5.74) is 6.20. The molecule has 0 saturated carbocycles. The van der Waals surface area contributed by atoms with Crippen molar-refractivity contribution in [3.63, 3.8) is 0 Å². The minimum Gasteiger partial charge on any atom is -0.310 e. The Labute approximate surface area is 132 Å². The van der Waals surface area contributed by atoms with Crippen molar-refractivity contribution in [2.45, 2.75) is 79.7 Å². The molecular weight excluding hydrogens is 254 g/mol. The Morgan fingerprint density at radius 2 is 1.48 bits per heavy atom. The normalized spacial score (nSPS) is 14.2. The van der Waals surface area contributed by atoms with Gasteiger partial charge in [-0.25, -0.2) is 0 Å². The summed E-state index contributed by atoms with van der Waals surface area (Å²) in [5.74, 6) is 0.680. The number of hydrogen-bond acceptors (Lipinski definition) is 1. The van der Waals surface area contributed by atoms with Gasteiger partial charge in [0.25, 0.3) is 0 Å². The summed E-state index contributed by atoms with van der Waals surface area (Å²) in [6.45, 7) is 14.9. The molecule has 1 nitrogen and oxygen atoms in total. The van der Waals surface area contributed by atoms with Gasteiger partial charge in [0, 0.05) is 6.04 Å². The number of aryl methyl sites for hydroxylation is 3. The Morgan fingerprint density at radius 3 is 1.86 bits per heavy atom. The molecule has 0 bridgehead atoms. The maximum atomic E-state index is 3.82. The lowest BCUT2D eigenvalue weighted by atomic mass is 9.83. The molecule has 0 radical (unpaired) electrons. The van der Waals surface area contributed by atoms with E-state index in [0.29, 0.717) is 12.0 Å². The molecule has 0 saturated heterocycles. The predicted octanol–water partition coefficient (Wildman–Crippen LogP) is 5.46. The fraction of sp³-hybridized carbons (Fsp3) is 0.700. The largest absolute Gasteiger partial charge is 0.310 e. The molecule has 0 aliphatic heterocycles. The quantitative estimate of drug-likeness (QED) is 0.636. The molecule has 1 aromatic rings. The van der Waals surface area contributed by atoms with Crippen LogP contribution in [0.5, 0.6) is 0 Å². The third kappa shape index (κ3) is 4.57. The zero-order chi connectivity index (χ0) is 15.8. The molecule has 2 unspecified atom stereocenters. The molecule has 0 fully saturated rings. The molecule has 1 rings (SSSR count). The summed E-state index contributed by atoms with van der Waals surface area (Å²) >= 11 is 0. The van der Waals surface area contributed by atoms with E-state index in [1.54, 1.807) is 16.7 Å². The Balaban J connectivity index is 3.32. The molecule has 0 aromatic heterocycles. The van der Waals surface area contributed by atoms with Crippen molar-refractivity contribution in [2.24, 2.45) is 5.92 Å². The Kier molecular flexibility index (Phi) is 8.03. The van der Waals surface area contributed by atoms with Crippen LogP contribution in [-0.2, 0) is 19.3 Å². The standard InChI is InChI=1S/C20H35N/c1-7-12-21-20(15(6)8-2)19-17(10-4)13-16(9-3)14-18(19)11-5/h13-15,20-21H,7-12H2,1-6H3. The molecule has 120 valence electrons. The van der Waals surface area contributed by atoms with Crippen LogP contribution in [-0.4, -0.2) is 6.54 Å². The fourth-order valence-electron chi connectivity index (χ4n) is 3.16. The summed E-state index contributed by atoms with van der Waals surface area (Å²) in [5, 5.41) is 3.82. The highest BCUT2D eigenvalue weighted by Crippen LogP contribution is 2.32. The number of nitrogens with one attached hydrogen (secondary N) is 1. The summed E-state index contributed by atoms with van der Waals surface area (Å²) < 4.78 is 0. The maximum absolute atomic E-state index is 3.82. The van der Waals surface area contributed by atoms with Gasteiger partial charge < -0.3 is 5.32 Å². The van der Waals surface area contributed by atoms with Crippen LogP contribution in [0.15, 0.2) is 12.1 Å². The van der Waals surface area contributed by atoms with Crippen LogP contribution in [0.3, 0.4) is 0 Å². The minimum absolute atomic E-state index is 0.505. The van der Waals surface area contributed by atoms with E-state index in [4.69, 9.17) is 0 Å². The van der Waals surface area contributed by atoms with Crippen LogP contribution in [0.2, 0.25) is 0 Å². The topological polar surface area (TPSA) is 12.0 Å². The van der Waals surface area contributed by atoms with Crippen molar-refractivity contribution >= 4 is 0 Å². The molecular formula is C20H35N. The van der Waals surface area contributed by atoms with Gasteiger partial charge in [-0.15, -0.1) is 0 Å². The van der Waals surface area contributed by atoms with Crippen molar-refractivity contribution in [3.8, 4) is 0 Å². The van der Waals surface area contributed by atoms with E-state index in [2.05, 4.69) is 59.0 Å². The first-order valence-corrected chi connectivity index (χ1v) is 9.00. The van der Waals surface area contributed by atoms with E-state index in [0.717, 1.165) is 25.8 Å². The molecule has 1 N–H and O–H groups in total. The van der Waals surface area contributed by atoms with Crippen molar-refractivity contribution in [1.82, 2.24) is 5.32 Å². The third-order valence-electron chi connectivity index (χ3n) is 4.72. The van der Waals surface area contributed by atoms with Crippen LogP contribution >= 0.6 is 0 Å². The lowest BCUT2D eigenvalue weighted by molar-refractivity contribution is 0.373. The predicted molar refractivity (Wildman–Crippen MR) is 95.1 cm³/mol.